The molecule has 3 heteroatoms. The second-order valence-electron chi connectivity index (χ2n) is 3.62. The van der Waals surface area contributed by atoms with Crippen LogP contribution in [0.2, 0.25) is 5.02 Å². The molecule has 0 heterocycles. The van der Waals surface area contributed by atoms with Gasteiger partial charge >= 0.3 is 0 Å². The summed E-state index contributed by atoms with van der Waals surface area (Å²) >= 11 is 5.83. The van der Waals surface area contributed by atoms with Crippen LogP contribution in [0.3, 0.4) is 0 Å². The molecule has 1 unspecified atom stereocenters. The van der Waals surface area contributed by atoms with Gasteiger partial charge in [0.25, 0.3) is 0 Å². The molecule has 14 heavy (non-hydrogen) atoms. The van der Waals surface area contributed by atoms with Gasteiger partial charge in [-0.3, -0.25) is 4.79 Å². The van der Waals surface area contributed by atoms with Crippen molar-refractivity contribution in [2.45, 2.75) is 25.2 Å². The van der Waals surface area contributed by atoms with E-state index in [1.807, 2.05) is 0 Å². The number of hydrogen-bond acceptors (Lipinski definition) is 1. The number of carbonyl (C=O) groups is 1. The number of benzene rings is 1. The molecule has 1 fully saturated rings. The Morgan fingerprint density at radius 3 is 2.86 bits per heavy atom. The molecular weight excluding hydrogens is 203 g/mol. The zero-order chi connectivity index (χ0) is 10.1. The van der Waals surface area contributed by atoms with E-state index in [2.05, 4.69) is 0 Å². The first kappa shape index (κ1) is 9.66. The van der Waals surface area contributed by atoms with Crippen LogP contribution in [-0.2, 0) is 4.79 Å². The van der Waals surface area contributed by atoms with Crippen molar-refractivity contribution in [3.8, 4) is 0 Å². The fraction of sp³-hybridized carbons (Fsp3) is 0.364. The van der Waals surface area contributed by atoms with Gasteiger partial charge < -0.3 is 0 Å². The zero-order valence-electron chi connectivity index (χ0n) is 7.59. The number of hydrogen-bond donors (Lipinski definition) is 0. The molecule has 1 aromatic carbocycles. The van der Waals surface area contributed by atoms with Gasteiger partial charge in [0.2, 0.25) is 0 Å². The fourth-order valence-corrected chi connectivity index (χ4v) is 2.20. The molecule has 0 aromatic heterocycles. The van der Waals surface area contributed by atoms with Crippen LogP contribution in [0.1, 0.15) is 30.7 Å². The van der Waals surface area contributed by atoms with Gasteiger partial charge in [-0.2, -0.15) is 0 Å². The van der Waals surface area contributed by atoms with E-state index in [9.17, 15) is 9.18 Å². The third kappa shape index (κ3) is 1.67. The molecule has 2 rings (SSSR count). The van der Waals surface area contributed by atoms with Gasteiger partial charge in [-0.1, -0.05) is 23.7 Å². The van der Waals surface area contributed by atoms with Crippen LogP contribution in [0.5, 0.6) is 0 Å². The molecule has 74 valence electrons. The van der Waals surface area contributed by atoms with E-state index < -0.39 is 5.82 Å². The van der Waals surface area contributed by atoms with Gasteiger partial charge in [0.1, 0.15) is 11.6 Å². The Hall–Kier alpha value is -0.890. The molecule has 0 aliphatic heterocycles. The van der Waals surface area contributed by atoms with Crippen molar-refractivity contribution in [2.24, 2.45) is 0 Å². The standard InChI is InChI=1S/C11H10ClFO/c12-11-9(2-1-3-10(11)13)7-4-5-8(14)6-7/h1-3,7H,4-6H2. The molecule has 1 aromatic rings. The second-order valence-corrected chi connectivity index (χ2v) is 4.00. The molecule has 0 bridgehead atoms. The summed E-state index contributed by atoms with van der Waals surface area (Å²) in [6.07, 6.45) is 1.89. The molecule has 0 saturated heterocycles. The molecular formula is C11H10ClFO. The maximum atomic E-state index is 13.1. The summed E-state index contributed by atoms with van der Waals surface area (Å²) in [5.41, 5.74) is 0.775. The van der Waals surface area contributed by atoms with Crippen molar-refractivity contribution in [1.29, 1.82) is 0 Å². The Morgan fingerprint density at radius 2 is 2.21 bits per heavy atom. The van der Waals surface area contributed by atoms with Crippen LogP contribution < -0.4 is 0 Å². The van der Waals surface area contributed by atoms with E-state index in [0.29, 0.717) is 12.8 Å². The molecule has 0 N–H and O–H groups in total. The van der Waals surface area contributed by atoms with Crippen LogP contribution in [0.15, 0.2) is 18.2 Å². The van der Waals surface area contributed by atoms with Gasteiger partial charge in [-0.25, -0.2) is 4.39 Å². The summed E-state index contributed by atoms with van der Waals surface area (Å²) in [6.45, 7) is 0. The fourth-order valence-electron chi connectivity index (χ4n) is 1.92. The summed E-state index contributed by atoms with van der Waals surface area (Å²) in [5.74, 6) is -0.0375. The number of Topliss-reactive ketones (excluding diaryl/α,β-unsaturated/α-hetero) is 1. The van der Waals surface area contributed by atoms with Gasteiger partial charge in [0.05, 0.1) is 5.02 Å². The van der Waals surface area contributed by atoms with E-state index in [-0.39, 0.29) is 16.7 Å². The molecule has 0 spiro atoms. The summed E-state index contributed by atoms with van der Waals surface area (Å²) < 4.78 is 13.1. The minimum atomic E-state index is -0.400. The molecule has 1 saturated carbocycles. The minimum Gasteiger partial charge on any atom is -0.300 e. The summed E-state index contributed by atoms with van der Waals surface area (Å²) in [7, 11) is 0. The number of carbonyl (C=O) groups excluding carboxylic acids is 1. The molecule has 1 aliphatic rings. The normalized spacial score (nSPS) is 21.6. The average Bonchev–Trinajstić information content (AvgIpc) is 2.57. The Labute approximate surface area is 86.9 Å². The zero-order valence-corrected chi connectivity index (χ0v) is 8.35. The summed E-state index contributed by atoms with van der Waals surface area (Å²) in [5, 5.41) is 0.173. The number of halogens is 2. The summed E-state index contributed by atoms with van der Waals surface area (Å²) in [6, 6.07) is 4.77. The van der Waals surface area contributed by atoms with Crippen LogP contribution in [0.25, 0.3) is 0 Å². The Balaban J connectivity index is 2.32. The van der Waals surface area contributed by atoms with Gasteiger partial charge in [0, 0.05) is 12.8 Å². The first-order valence-electron chi connectivity index (χ1n) is 4.64. The van der Waals surface area contributed by atoms with E-state index >= 15 is 0 Å². The average molecular weight is 213 g/mol. The quantitative estimate of drug-likeness (QED) is 0.698. The monoisotopic (exact) mass is 212 g/mol. The van der Waals surface area contributed by atoms with E-state index in [0.717, 1.165) is 12.0 Å². The first-order valence-corrected chi connectivity index (χ1v) is 5.02. The van der Waals surface area contributed by atoms with Gasteiger partial charge in [-0.15, -0.1) is 0 Å². The van der Waals surface area contributed by atoms with Crippen LogP contribution in [0, 0.1) is 5.82 Å². The van der Waals surface area contributed by atoms with Crippen molar-refractivity contribution >= 4 is 17.4 Å². The minimum absolute atomic E-state index is 0.116. The third-order valence-electron chi connectivity index (χ3n) is 2.67. The predicted octanol–water partition coefficient (Wildman–Crippen LogP) is 3.32. The molecule has 0 amide bonds. The highest BCUT2D eigenvalue weighted by Gasteiger charge is 2.25. The SMILES string of the molecule is O=C1CCC(c2cccc(F)c2Cl)C1. The van der Waals surface area contributed by atoms with Crippen molar-refractivity contribution in [1.82, 2.24) is 0 Å². The lowest BCUT2D eigenvalue weighted by molar-refractivity contribution is -0.117. The smallest absolute Gasteiger partial charge is 0.142 e. The summed E-state index contributed by atoms with van der Waals surface area (Å²) in [4.78, 5) is 11.1. The van der Waals surface area contributed by atoms with Crippen molar-refractivity contribution < 1.29 is 9.18 Å². The van der Waals surface area contributed by atoms with E-state index in [4.69, 9.17) is 11.6 Å². The maximum absolute atomic E-state index is 13.1. The highest BCUT2D eigenvalue weighted by molar-refractivity contribution is 6.31. The highest BCUT2D eigenvalue weighted by atomic mass is 35.5. The predicted molar refractivity (Wildman–Crippen MR) is 53.0 cm³/mol. The molecule has 1 atom stereocenters. The Morgan fingerprint density at radius 1 is 1.43 bits per heavy atom. The lowest BCUT2D eigenvalue weighted by Crippen LogP contribution is -1.96. The van der Waals surface area contributed by atoms with Gasteiger partial charge in [-0.05, 0) is 24.0 Å². The first-order chi connectivity index (χ1) is 6.68. The molecule has 1 nitrogen and oxygen atoms in total. The van der Waals surface area contributed by atoms with Crippen LogP contribution in [0.4, 0.5) is 4.39 Å². The lowest BCUT2D eigenvalue weighted by Gasteiger charge is -2.10. The second kappa shape index (κ2) is 3.70. The lowest BCUT2D eigenvalue weighted by atomic mass is 9.97. The van der Waals surface area contributed by atoms with Crippen LogP contribution in [-0.4, -0.2) is 5.78 Å². The van der Waals surface area contributed by atoms with Gasteiger partial charge in [0.15, 0.2) is 0 Å². The van der Waals surface area contributed by atoms with E-state index in [1.165, 1.54) is 6.07 Å². The van der Waals surface area contributed by atoms with Crippen molar-refractivity contribution in [3.63, 3.8) is 0 Å². The number of rotatable bonds is 1. The number of ketones is 1. The largest absolute Gasteiger partial charge is 0.300 e. The Kier molecular flexibility index (Phi) is 2.55. The molecule has 0 radical (unpaired) electrons. The molecule has 1 aliphatic carbocycles. The topological polar surface area (TPSA) is 17.1 Å². The third-order valence-corrected chi connectivity index (χ3v) is 3.07. The van der Waals surface area contributed by atoms with Crippen molar-refractivity contribution in [2.75, 3.05) is 0 Å². The van der Waals surface area contributed by atoms with E-state index in [1.54, 1.807) is 12.1 Å². The maximum Gasteiger partial charge on any atom is 0.142 e. The Bertz CT molecular complexity index is 376. The van der Waals surface area contributed by atoms with Crippen molar-refractivity contribution in [3.05, 3.63) is 34.6 Å². The van der Waals surface area contributed by atoms with Crippen LogP contribution >= 0.6 is 11.6 Å². The highest BCUT2D eigenvalue weighted by Crippen LogP contribution is 2.36.